The maximum absolute atomic E-state index is 3.60. The third-order valence-corrected chi connectivity index (χ3v) is 4.04. The van der Waals surface area contributed by atoms with Gasteiger partial charge < -0.3 is 5.32 Å². The molecular formula is C17H28N2. The van der Waals surface area contributed by atoms with E-state index < -0.39 is 0 Å². The van der Waals surface area contributed by atoms with Crippen LogP contribution < -0.4 is 5.32 Å². The molecule has 106 valence electrons. The molecule has 2 nitrogen and oxygen atoms in total. The summed E-state index contributed by atoms with van der Waals surface area (Å²) in [5.74, 6) is 0. The van der Waals surface area contributed by atoms with E-state index in [9.17, 15) is 0 Å². The molecule has 1 aliphatic heterocycles. The predicted octanol–water partition coefficient (Wildman–Crippen LogP) is 3.08. The topological polar surface area (TPSA) is 15.3 Å². The van der Waals surface area contributed by atoms with E-state index in [-0.39, 0.29) is 0 Å². The molecule has 0 amide bonds. The molecule has 0 aromatic heterocycles. The number of piperidine rings is 1. The second-order valence-electron chi connectivity index (χ2n) is 5.98. The molecule has 1 atom stereocenters. The normalized spacial score (nSPS) is 20.9. The number of likely N-dealkylation sites (tertiary alicyclic amines) is 1. The zero-order valence-electron chi connectivity index (χ0n) is 12.4. The van der Waals surface area contributed by atoms with Gasteiger partial charge in [-0.05, 0) is 31.4 Å². The van der Waals surface area contributed by atoms with Crippen LogP contribution in [-0.2, 0) is 6.42 Å². The Balaban J connectivity index is 1.82. The summed E-state index contributed by atoms with van der Waals surface area (Å²) in [5.41, 5.74) is 1.46. The lowest BCUT2D eigenvalue weighted by atomic mass is 10.0. The molecule has 1 N–H and O–H groups in total. The molecule has 2 heteroatoms. The summed E-state index contributed by atoms with van der Waals surface area (Å²) in [5, 5.41) is 3.60. The first kappa shape index (κ1) is 14.5. The third-order valence-electron chi connectivity index (χ3n) is 4.04. The number of nitrogens with one attached hydrogen (secondary N) is 1. The number of rotatable bonds is 6. The van der Waals surface area contributed by atoms with Crippen LogP contribution in [0.25, 0.3) is 0 Å². The van der Waals surface area contributed by atoms with Crippen molar-refractivity contribution < 1.29 is 0 Å². The Morgan fingerprint density at radius 3 is 2.74 bits per heavy atom. The molecule has 1 aliphatic rings. The highest BCUT2D eigenvalue weighted by atomic mass is 15.2. The first-order chi connectivity index (χ1) is 9.25. The van der Waals surface area contributed by atoms with Crippen molar-refractivity contribution in [2.75, 3.05) is 19.6 Å². The van der Waals surface area contributed by atoms with Crippen LogP contribution in [0, 0.1) is 0 Å². The van der Waals surface area contributed by atoms with Crippen LogP contribution in [0.4, 0.5) is 0 Å². The van der Waals surface area contributed by atoms with Gasteiger partial charge in [0.1, 0.15) is 0 Å². The number of benzene rings is 1. The summed E-state index contributed by atoms with van der Waals surface area (Å²) in [6, 6.07) is 12.2. The minimum Gasteiger partial charge on any atom is -0.313 e. The van der Waals surface area contributed by atoms with Gasteiger partial charge in [0.05, 0.1) is 0 Å². The van der Waals surface area contributed by atoms with E-state index in [0.29, 0.717) is 6.04 Å². The average Bonchev–Trinajstić information content (AvgIpc) is 2.45. The summed E-state index contributed by atoms with van der Waals surface area (Å²) < 4.78 is 0. The van der Waals surface area contributed by atoms with Crippen molar-refractivity contribution in [2.45, 2.75) is 51.6 Å². The van der Waals surface area contributed by atoms with Crippen molar-refractivity contribution in [3.05, 3.63) is 35.9 Å². The van der Waals surface area contributed by atoms with Gasteiger partial charge in [-0.3, -0.25) is 4.90 Å². The Morgan fingerprint density at radius 2 is 2.00 bits per heavy atom. The lowest BCUT2D eigenvalue weighted by molar-refractivity contribution is 0.145. The van der Waals surface area contributed by atoms with Crippen LogP contribution in [0.15, 0.2) is 30.3 Å². The highest BCUT2D eigenvalue weighted by Gasteiger charge is 2.21. The zero-order valence-corrected chi connectivity index (χ0v) is 12.4. The largest absolute Gasteiger partial charge is 0.313 e. The van der Waals surface area contributed by atoms with Crippen molar-refractivity contribution in [1.29, 1.82) is 0 Å². The Morgan fingerprint density at radius 1 is 1.21 bits per heavy atom. The lowest BCUT2D eigenvalue weighted by Gasteiger charge is -2.36. The molecule has 0 radical (unpaired) electrons. The molecule has 0 spiro atoms. The standard InChI is InChI=1S/C17H28N2/c1-15(2)18-14-17-10-6-7-12-19(17)13-11-16-8-4-3-5-9-16/h3-5,8-9,15,17-18H,6-7,10-14H2,1-2H3. The highest BCUT2D eigenvalue weighted by molar-refractivity contribution is 5.14. The van der Waals surface area contributed by atoms with Gasteiger partial charge in [-0.2, -0.15) is 0 Å². The first-order valence-electron chi connectivity index (χ1n) is 7.77. The number of hydrogen-bond donors (Lipinski definition) is 1. The Kier molecular flexibility index (Phi) is 5.87. The second-order valence-corrected chi connectivity index (χ2v) is 5.98. The number of nitrogens with zero attached hydrogens (tertiary/aromatic N) is 1. The maximum atomic E-state index is 3.60. The molecule has 1 unspecified atom stereocenters. The van der Waals surface area contributed by atoms with E-state index >= 15 is 0 Å². The van der Waals surface area contributed by atoms with Crippen LogP contribution in [0.5, 0.6) is 0 Å². The van der Waals surface area contributed by atoms with E-state index in [4.69, 9.17) is 0 Å². The second kappa shape index (κ2) is 7.66. The molecule has 0 saturated carbocycles. The van der Waals surface area contributed by atoms with E-state index in [1.807, 2.05) is 0 Å². The van der Waals surface area contributed by atoms with Crippen LogP contribution in [-0.4, -0.2) is 36.6 Å². The molecule has 1 aromatic rings. The van der Waals surface area contributed by atoms with E-state index in [1.54, 1.807) is 0 Å². The van der Waals surface area contributed by atoms with Gasteiger partial charge in [0.15, 0.2) is 0 Å². The van der Waals surface area contributed by atoms with Crippen molar-refractivity contribution in [3.8, 4) is 0 Å². The van der Waals surface area contributed by atoms with E-state index in [0.717, 1.165) is 12.6 Å². The summed E-state index contributed by atoms with van der Waals surface area (Å²) in [6.45, 7) is 8.09. The van der Waals surface area contributed by atoms with E-state index in [2.05, 4.69) is 54.4 Å². The van der Waals surface area contributed by atoms with Crippen LogP contribution >= 0.6 is 0 Å². The molecule has 1 heterocycles. The fraction of sp³-hybridized carbons (Fsp3) is 0.647. The molecule has 1 fully saturated rings. The van der Waals surface area contributed by atoms with Crippen LogP contribution in [0.1, 0.15) is 38.7 Å². The SMILES string of the molecule is CC(C)NCC1CCCCN1CCc1ccccc1. The lowest BCUT2D eigenvalue weighted by Crippen LogP contribution is -2.47. The van der Waals surface area contributed by atoms with Crippen LogP contribution in [0.2, 0.25) is 0 Å². The Bertz CT molecular complexity index is 348. The first-order valence-corrected chi connectivity index (χ1v) is 7.77. The van der Waals surface area contributed by atoms with Gasteiger partial charge in [-0.25, -0.2) is 0 Å². The molecule has 0 aliphatic carbocycles. The molecular weight excluding hydrogens is 232 g/mol. The van der Waals surface area contributed by atoms with Gasteiger partial charge in [-0.1, -0.05) is 50.6 Å². The van der Waals surface area contributed by atoms with Gasteiger partial charge in [-0.15, -0.1) is 0 Å². The minimum absolute atomic E-state index is 0.595. The average molecular weight is 260 g/mol. The zero-order chi connectivity index (χ0) is 13.5. The van der Waals surface area contributed by atoms with Crippen molar-refractivity contribution in [3.63, 3.8) is 0 Å². The molecule has 1 saturated heterocycles. The monoisotopic (exact) mass is 260 g/mol. The quantitative estimate of drug-likeness (QED) is 0.845. The maximum Gasteiger partial charge on any atom is 0.0220 e. The van der Waals surface area contributed by atoms with Gasteiger partial charge in [0.2, 0.25) is 0 Å². The summed E-state index contributed by atoms with van der Waals surface area (Å²) >= 11 is 0. The van der Waals surface area contributed by atoms with Gasteiger partial charge >= 0.3 is 0 Å². The summed E-state index contributed by atoms with van der Waals surface area (Å²) in [7, 11) is 0. The highest BCUT2D eigenvalue weighted by Crippen LogP contribution is 2.17. The van der Waals surface area contributed by atoms with Crippen LogP contribution in [0.3, 0.4) is 0 Å². The molecule has 2 rings (SSSR count). The minimum atomic E-state index is 0.595. The Labute approximate surface area is 118 Å². The van der Waals surface area contributed by atoms with E-state index in [1.165, 1.54) is 44.3 Å². The molecule has 0 bridgehead atoms. The predicted molar refractivity (Wildman–Crippen MR) is 82.5 cm³/mol. The molecule has 1 aromatic carbocycles. The fourth-order valence-electron chi connectivity index (χ4n) is 2.87. The van der Waals surface area contributed by atoms with Crippen molar-refractivity contribution >= 4 is 0 Å². The molecule has 19 heavy (non-hydrogen) atoms. The summed E-state index contributed by atoms with van der Waals surface area (Å²) in [6.07, 6.45) is 5.30. The smallest absolute Gasteiger partial charge is 0.0220 e. The summed E-state index contributed by atoms with van der Waals surface area (Å²) in [4.78, 5) is 2.69. The van der Waals surface area contributed by atoms with Gasteiger partial charge in [0, 0.05) is 25.2 Å². The fourth-order valence-corrected chi connectivity index (χ4v) is 2.87. The van der Waals surface area contributed by atoms with Gasteiger partial charge in [0.25, 0.3) is 0 Å². The van der Waals surface area contributed by atoms with Crippen molar-refractivity contribution in [1.82, 2.24) is 10.2 Å². The van der Waals surface area contributed by atoms with Crippen molar-refractivity contribution in [2.24, 2.45) is 0 Å². The Hall–Kier alpha value is -0.860. The number of hydrogen-bond acceptors (Lipinski definition) is 2. The third kappa shape index (κ3) is 4.96.